The molecule has 1 aliphatic heterocycles. The summed E-state index contributed by atoms with van der Waals surface area (Å²) in [5.74, 6) is -4.36. The molecule has 0 radical (unpaired) electrons. The lowest BCUT2D eigenvalue weighted by atomic mass is 9.73. The lowest BCUT2D eigenvalue weighted by molar-refractivity contribution is -0.159. The van der Waals surface area contributed by atoms with Crippen LogP contribution in [0.4, 0.5) is 0 Å². The Labute approximate surface area is 152 Å². The van der Waals surface area contributed by atoms with Gasteiger partial charge in [0.25, 0.3) is 0 Å². The van der Waals surface area contributed by atoms with Crippen LogP contribution in [-0.2, 0) is 9.59 Å². The van der Waals surface area contributed by atoms with Crippen molar-refractivity contribution in [3.8, 4) is 0 Å². The molecule has 3 N–H and O–H groups in total. The van der Waals surface area contributed by atoms with Gasteiger partial charge in [0.05, 0.1) is 22.6 Å². The maximum absolute atomic E-state index is 12.0. The van der Waals surface area contributed by atoms with Gasteiger partial charge in [-0.25, -0.2) is 4.79 Å². The molecule has 0 aliphatic carbocycles. The Morgan fingerprint density at radius 1 is 0.926 bits per heavy atom. The quantitative estimate of drug-likeness (QED) is 0.675. The molecule has 0 amide bonds. The first-order chi connectivity index (χ1) is 12.9. The van der Waals surface area contributed by atoms with E-state index < -0.39 is 23.3 Å². The summed E-state index contributed by atoms with van der Waals surface area (Å²) in [7, 11) is 0. The van der Waals surface area contributed by atoms with E-state index in [0.29, 0.717) is 0 Å². The SMILES string of the molecule is O=C(O)c1ccnc(C2=C(c3ccccn3)C(C(=O)O)(C(=O)O)CC=N2)c1. The Balaban J connectivity index is 2.38. The molecule has 136 valence electrons. The third-order valence-electron chi connectivity index (χ3n) is 4.18. The van der Waals surface area contributed by atoms with E-state index >= 15 is 0 Å². The molecule has 3 rings (SSSR count). The summed E-state index contributed by atoms with van der Waals surface area (Å²) >= 11 is 0. The van der Waals surface area contributed by atoms with Gasteiger partial charge in [-0.05, 0) is 24.3 Å². The molecule has 0 saturated heterocycles. The fraction of sp³-hybridized carbons (Fsp3) is 0.111. The summed E-state index contributed by atoms with van der Waals surface area (Å²) in [5.41, 5.74) is -2.47. The number of aliphatic carboxylic acids is 2. The van der Waals surface area contributed by atoms with Crippen molar-refractivity contribution in [2.24, 2.45) is 10.4 Å². The Morgan fingerprint density at radius 3 is 2.22 bits per heavy atom. The predicted molar refractivity (Wildman–Crippen MR) is 93.1 cm³/mol. The Hall–Kier alpha value is -3.88. The first-order valence-electron chi connectivity index (χ1n) is 7.73. The van der Waals surface area contributed by atoms with Crippen LogP contribution in [0.3, 0.4) is 0 Å². The van der Waals surface area contributed by atoms with Crippen LogP contribution in [-0.4, -0.2) is 49.4 Å². The van der Waals surface area contributed by atoms with E-state index in [1.807, 2.05) is 0 Å². The fourth-order valence-corrected chi connectivity index (χ4v) is 2.86. The van der Waals surface area contributed by atoms with E-state index in [9.17, 15) is 29.7 Å². The number of nitrogens with zero attached hydrogens (tertiary/aromatic N) is 3. The minimum absolute atomic E-state index is 0.0402. The zero-order valence-corrected chi connectivity index (χ0v) is 13.7. The molecule has 0 spiro atoms. The molecule has 0 atom stereocenters. The maximum Gasteiger partial charge on any atom is 0.335 e. The molecule has 9 heteroatoms. The van der Waals surface area contributed by atoms with Crippen LogP contribution in [0.2, 0.25) is 0 Å². The number of aromatic carboxylic acids is 1. The van der Waals surface area contributed by atoms with Crippen molar-refractivity contribution in [1.29, 1.82) is 0 Å². The van der Waals surface area contributed by atoms with Crippen LogP contribution < -0.4 is 0 Å². The van der Waals surface area contributed by atoms with Crippen molar-refractivity contribution in [2.75, 3.05) is 0 Å². The van der Waals surface area contributed by atoms with E-state index in [2.05, 4.69) is 15.0 Å². The summed E-state index contributed by atoms with van der Waals surface area (Å²) in [4.78, 5) is 47.6. The molecule has 27 heavy (non-hydrogen) atoms. The van der Waals surface area contributed by atoms with Gasteiger partial charge >= 0.3 is 17.9 Å². The van der Waals surface area contributed by atoms with Crippen molar-refractivity contribution < 1.29 is 29.7 Å². The first-order valence-corrected chi connectivity index (χ1v) is 7.73. The van der Waals surface area contributed by atoms with Crippen molar-refractivity contribution in [3.05, 3.63) is 59.7 Å². The van der Waals surface area contributed by atoms with Crippen LogP contribution in [0.5, 0.6) is 0 Å². The molecule has 9 nitrogen and oxygen atoms in total. The largest absolute Gasteiger partial charge is 0.480 e. The molecular weight excluding hydrogens is 354 g/mol. The van der Waals surface area contributed by atoms with Crippen LogP contribution in [0.15, 0.2) is 47.7 Å². The number of carboxylic acid groups (broad SMARTS) is 3. The van der Waals surface area contributed by atoms with Crippen LogP contribution in [0.1, 0.15) is 28.2 Å². The topological polar surface area (TPSA) is 150 Å². The number of carbonyl (C=O) groups is 3. The number of hydrogen-bond donors (Lipinski definition) is 3. The van der Waals surface area contributed by atoms with Gasteiger partial charge in [-0.2, -0.15) is 0 Å². The number of rotatable bonds is 5. The van der Waals surface area contributed by atoms with Crippen LogP contribution in [0, 0.1) is 5.41 Å². The van der Waals surface area contributed by atoms with E-state index in [-0.39, 0.29) is 34.6 Å². The predicted octanol–water partition coefficient (Wildman–Crippen LogP) is 1.67. The average Bonchev–Trinajstić information content (AvgIpc) is 2.67. The smallest absolute Gasteiger partial charge is 0.335 e. The summed E-state index contributed by atoms with van der Waals surface area (Å²) < 4.78 is 0. The minimum Gasteiger partial charge on any atom is -0.480 e. The molecule has 0 fully saturated rings. The Morgan fingerprint density at radius 2 is 1.63 bits per heavy atom. The standard InChI is InChI=1S/C18H13N3O6/c22-15(23)10-4-7-20-12(9-10)14-13(11-3-1-2-6-19-11)18(16(24)25,17(26)27)5-8-21-14/h1-4,6-9H,5H2,(H,22,23)(H,24,25)(H,26,27). The van der Waals surface area contributed by atoms with Gasteiger partial charge in [-0.3, -0.25) is 24.5 Å². The monoisotopic (exact) mass is 367 g/mol. The second-order valence-corrected chi connectivity index (χ2v) is 5.70. The van der Waals surface area contributed by atoms with Crippen LogP contribution >= 0.6 is 0 Å². The van der Waals surface area contributed by atoms with Crippen LogP contribution in [0.25, 0.3) is 11.3 Å². The molecule has 0 aromatic carbocycles. The van der Waals surface area contributed by atoms with Crippen molar-refractivity contribution >= 4 is 35.4 Å². The highest BCUT2D eigenvalue weighted by Gasteiger charge is 2.53. The van der Waals surface area contributed by atoms with Crippen molar-refractivity contribution in [1.82, 2.24) is 9.97 Å². The Bertz CT molecular complexity index is 983. The lowest BCUT2D eigenvalue weighted by Gasteiger charge is -2.30. The number of hydrogen-bond acceptors (Lipinski definition) is 6. The molecule has 0 bridgehead atoms. The Kier molecular flexibility index (Phi) is 4.51. The average molecular weight is 367 g/mol. The van der Waals surface area contributed by atoms with Crippen molar-refractivity contribution in [2.45, 2.75) is 6.42 Å². The third-order valence-corrected chi connectivity index (χ3v) is 4.18. The number of aliphatic imine (C=N–C) groups is 1. The van der Waals surface area contributed by atoms with E-state index in [4.69, 9.17) is 0 Å². The molecule has 0 unspecified atom stereocenters. The van der Waals surface area contributed by atoms with E-state index in [0.717, 1.165) is 0 Å². The van der Waals surface area contributed by atoms with Crippen molar-refractivity contribution in [3.63, 3.8) is 0 Å². The normalized spacial score (nSPS) is 15.4. The van der Waals surface area contributed by atoms with Gasteiger partial charge in [-0.1, -0.05) is 6.07 Å². The van der Waals surface area contributed by atoms with Gasteiger partial charge in [0.1, 0.15) is 0 Å². The lowest BCUT2D eigenvalue weighted by Crippen LogP contribution is -2.42. The number of aromatic nitrogens is 2. The van der Waals surface area contributed by atoms with Gasteiger partial charge in [0.2, 0.25) is 0 Å². The highest BCUT2D eigenvalue weighted by atomic mass is 16.4. The molecule has 1 aliphatic rings. The highest BCUT2D eigenvalue weighted by molar-refractivity contribution is 6.18. The molecule has 2 aromatic heterocycles. The molecule has 3 heterocycles. The summed E-state index contributed by atoms with van der Waals surface area (Å²) in [6.45, 7) is 0. The first kappa shape index (κ1) is 17.9. The maximum atomic E-state index is 12.0. The van der Waals surface area contributed by atoms with Gasteiger partial charge in [0, 0.05) is 30.6 Å². The summed E-state index contributed by atoms with van der Waals surface area (Å²) in [6, 6.07) is 7.12. The zero-order chi connectivity index (χ0) is 19.6. The fourth-order valence-electron chi connectivity index (χ4n) is 2.86. The van der Waals surface area contributed by atoms with Gasteiger partial charge in [0.15, 0.2) is 5.41 Å². The second-order valence-electron chi connectivity index (χ2n) is 5.70. The van der Waals surface area contributed by atoms with Gasteiger partial charge in [-0.15, -0.1) is 0 Å². The second kappa shape index (κ2) is 6.79. The zero-order valence-electron chi connectivity index (χ0n) is 13.7. The highest BCUT2D eigenvalue weighted by Crippen LogP contribution is 2.45. The summed E-state index contributed by atoms with van der Waals surface area (Å²) in [5, 5.41) is 28.7. The third kappa shape index (κ3) is 2.95. The number of carboxylic acids is 3. The van der Waals surface area contributed by atoms with Gasteiger partial charge < -0.3 is 15.3 Å². The summed E-state index contributed by atoms with van der Waals surface area (Å²) in [6.07, 6.45) is 3.42. The van der Waals surface area contributed by atoms with E-state index in [1.54, 1.807) is 12.1 Å². The molecule has 2 aromatic rings. The minimum atomic E-state index is -2.33. The molecular formula is C18H13N3O6. The van der Waals surface area contributed by atoms with E-state index in [1.165, 1.54) is 36.8 Å². The number of pyridine rings is 2. The molecule has 0 saturated carbocycles.